The third-order valence-corrected chi connectivity index (χ3v) is 6.05. The van der Waals surface area contributed by atoms with Gasteiger partial charge in [-0.15, -0.1) is 0 Å². The van der Waals surface area contributed by atoms with Gasteiger partial charge in [-0.2, -0.15) is 0 Å². The lowest BCUT2D eigenvalue weighted by Crippen LogP contribution is -2.25. The van der Waals surface area contributed by atoms with Crippen LogP contribution in [0.2, 0.25) is 0 Å². The van der Waals surface area contributed by atoms with Crippen molar-refractivity contribution in [3.05, 3.63) is 112 Å². The fourth-order valence-electron chi connectivity index (χ4n) is 4.21. The van der Waals surface area contributed by atoms with E-state index in [0.717, 1.165) is 22.0 Å². The van der Waals surface area contributed by atoms with Gasteiger partial charge in [0.05, 0.1) is 5.52 Å². The number of pyridine rings is 2. The van der Waals surface area contributed by atoms with Crippen molar-refractivity contribution >= 4 is 28.0 Å². The number of nitrogens with zero attached hydrogens (tertiary/aromatic N) is 3. The lowest BCUT2D eigenvalue weighted by molar-refractivity contribution is 0.0946. The van der Waals surface area contributed by atoms with Crippen LogP contribution in [0, 0.1) is 6.92 Å². The van der Waals surface area contributed by atoms with Crippen LogP contribution >= 0.6 is 0 Å². The summed E-state index contributed by atoms with van der Waals surface area (Å²) >= 11 is 0. The molecule has 0 radical (unpaired) electrons. The number of H-pyrrole nitrogens is 1. The number of aromatic nitrogens is 4. The third-order valence-electron chi connectivity index (χ3n) is 6.05. The Morgan fingerprint density at radius 1 is 0.946 bits per heavy atom. The average Bonchev–Trinajstić information content (AvgIpc) is 3.37. The number of benzene rings is 2. The molecule has 0 spiro atoms. The van der Waals surface area contributed by atoms with Crippen LogP contribution in [0.4, 0.5) is 0 Å². The predicted octanol–water partition coefficient (Wildman–Crippen LogP) is 5.03. The first kappa shape index (κ1) is 22.4. The lowest BCUT2D eigenvalue weighted by Gasteiger charge is -2.11. The van der Waals surface area contributed by atoms with Gasteiger partial charge in [0.1, 0.15) is 22.8 Å². The van der Waals surface area contributed by atoms with Gasteiger partial charge in [-0.3, -0.25) is 14.6 Å². The summed E-state index contributed by atoms with van der Waals surface area (Å²) in [6, 6.07) is 24.0. The van der Waals surface area contributed by atoms with E-state index in [9.17, 15) is 9.59 Å². The molecule has 8 heteroatoms. The fraction of sp³-hybridized carbons (Fsp3) is 0.0690. The Balaban J connectivity index is 1.46. The van der Waals surface area contributed by atoms with Gasteiger partial charge < -0.3 is 14.7 Å². The van der Waals surface area contributed by atoms with Crippen molar-refractivity contribution in [1.29, 1.82) is 0 Å². The van der Waals surface area contributed by atoms with Gasteiger partial charge in [-0.25, -0.2) is 9.97 Å². The summed E-state index contributed by atoms with van der Waals surface area (Å²) in [5.41, 5.74) is 3.55. The minimum Gasteiger partial charge on any atom is -0.460 e. The van der Waals surface area contributed by atoms with E-state index < -0.39 is 11.3 Å². The second-order valence-corrected chi connectivity index (χ2v) is 8.65. The average molecular weight is 488 g/mol. The number of carbonyl (C=O) groups is 1. The number of hydrogen-bond acceptors (Lipinski definition) is 6. The molecular weight excluding hydrogens is 466 g/mol. The molecule has 0 aliphatic carbocycles. The summed E-state index contributed by atoms with van der Waals surface area (Å²) in [5.74, 6) is 0.812. The maximum absolute atomic E-state index is 13.1. The highest BCUT2D eigenvalue weighted by atomic mass is 16.3. The molecule has 0 aliphatic heterocycles. The quantitative estimate of drug-likeness (QED) is 0.353. The normalized spacial score (nSPS) is 11.2. The second-order valence-electron chi connectivity index (χ2n) is 8.65. The van der Waals surface area contributed by atoms with Crippen molar-refractivity contribution in [1.82, 2.24) is 25.3 Å². The summed E-state index contributed by atoms with van der Waals surface area (Å²) < 4.78 is 5.88. The standard InChI is InChI=1S/C29H21N5O3/c1-17-9-12-24(37-17)27-25(20-10-11-21-19(14-20)8-5-13-30-21)33-26-23(35)15-22(32-28(26)34-27)29(36)31-16-18-6-3-2-4-7-18/h2-15H,16H2,1H3,(H,31,36)(H,32,34,35). The van der Waals surface area contributed by atoms with E-state index in [2.05, 4.69) is 15.3 Å². The van der Waals surface area contributed by atoms with Gasteiger partial charge in [-0.05, 0) is 42.8 Å². The van der Waals surface area contributed by atoms with Crippen LogP contribution in [0.15, 0.2) is 94.3 Å². The summed E-state index contributed by atoms with van der Waals surface area (Å²) in [6.45, 7) is 2.18. The highest BCUT2D eigenvalue weighted by Crippen LogP contribution is 2.32. The molecule has 8 nitrogen and oxygen atoms in total. The molecule has 1 amide bonds. The zero-order valence-electron chi connectivity index (χ0n) is 19.9. The third kappa shape index (κ3) is 4.36. The van der Waals surface area contributed by atoms with E-state index >= 15 is 0 Å². The monoisotopic (exact) mass is 487 g/mol. The molecule has 0 fully saturated rings. The Kier molecular flexibility index (Phi) is 5.54. The summed E-state index contributed by atoms with van der Waals surface area (Å²) in [5, 5.41) is 3.76. The van der Waals surface area contributed by atoms with Crippen LogP contribution < -0.4 is 10.7 Å². The summed E-state index contributed by atoms with van der Waals surface area (Å²) in [7, 11) is 0. The smallest absolute Gasteiger partial charge is 0.268 e. The van der Waals surface area contributed by atoms with E-state index in [1.165, 1.54) is 6.07 Å². The zero-order chi connectivity index (χ0) is 25.4. The second kappa shape index (κ2) is 9.16. The van der Waals surface area contributed by atoms with Gasteiger partial charge in [0.25, 0.3) is 5.91 Å². The Hall–Kier alpha value is -5.11. The number of rotatable bonds is 5. The SMILES string of the molecule is Cc1ccc(-c2nc3[nH]c(C(=O)NCc4ccccc4)cc(=O)c3nc2-c2ccc3ncccc3c2)o1. The lowest BCUT2D eigenvalue weighted by atomic mass is 10.0. The molecule has 2 N–H and O–H groups in total. The van der Waals surface area contributed by atoms with Crippen molar-refractivity contribution < 1.29 is 9.21 Å². The number of aromatic amines is 1. The summed E-state index contributed by atoms with van der Waals surface area (Å²) in [6.07, 6.45) is 1.74. The van der Waals surface area contributed by atoms with Crippen molar-refractivity contribution in [2.24, 2.45) is 0 Å². The van der Waals surface area contributed by atoms with Crippen LogP contribution in [0.5, 0.6) is 0 Å². The number of fused-ring (bicyclic) bond motifs is 2. The molecule has 6 aromatic rings. The van der Waals surface area contributed by atoms with Crippen molar-refractivity contribution in [3.63, 3.8) is 0 Å². The van der Waals surface area contributed by atoms with E-state index in [4.69, 9.17) is 14.4 Å². The molecule has 6 rings (SSSR count). The van der Waals surface area contributed by atoms with Crippen molar-refractivity contribution in [2.75, 3.05) is 0 Å². The molecule has 37 heavy (non-hydrogen) atoms. The first-order valence-corrected chi connectivity index (χ1v) is 11.7. The van der Waals surface area contributed by atoms with Crippen molar-refractivity contribution in [3.8, 4) is 22.7 Å². The molecule has 2 aromatic carbocycles. The largest absolute Gasteiger partial charge is 0.460 e. The molecule has 4 heterocycles. The zero-order valence-corrected chi connectivity index (χ0v) is 19.9. The molecular formula is C29H21N5O3. The number of nitrogens with one attached hydrogen (secondary N) is 2. The van der Waals surface area contributed by atoms with Crippen LogP contribution in [-0.4, -0.2) is 25.8 Å². The Morgan fingerprint density at radius 2 is 1.81 bits per heavy atom. The number of hydrogen-bond donors (Lipinski definition) is 2. The van der Waals surface area contributed by atoms with Gasteiger partial charge in [0, 0.05) is 29.8 Å². The van der Waals surface area contributed by atoms with Crippen LogP contribution in [0.3, 0.4) is 0 Å². The Morgan fingerprint density at radius 3 is 2.62 bits per heavy atom. The van der Waals surface area contributed by atoms with Gasteiger partial charge in [0.15, 0.2) is 16.9 Å². The fourth-order valence-corrected chi connectivity index (χ4v) is 4.21. The predicted molar refractivity (Wildman–Crippen MR) is 141 cm³/mol. The molecule has 0 bridgehead atoms. The highest BCUT2D eigenvalue weighted by Gasteiger charge is 2.19. The molecule has 180 valence electrons. The topological polar surface area (TPSA) is 114 Å². The number of amides is 1. The minimum atomic E-state index is -0.411. The highest BCUT2D eigenvalue weighted by molar-refractivity contribution is 5.95. The van der Waals surface area contributed by atoms with E-state index in [1.807, 2.05) is 79.7 Å². The maximum atomic E-state index is 13.1. The van der Waals surface area contributed by atoms with Gasteiger partial charge >= 0.3 is 0 Å². The summed E-state index contributed by atoms with van der Waals surface area (Å²) in [4.78, 5) is 42.7. The molecule has 0 aliphatic rings. The Labute approximate surface area is 211 Å². The van der Waals surface area contributed by atoms with Gasteiger partial charge in [0.2, 0.25) is 5.43 Å². The van der Waals surface area contributed by atoms with Crippen LogP contribution in [0.25, 0.3) is 44.8 Å². The molecule has 0 unspecified atom stereocenters. The molecule has 0 saturated heterocycles. The molecule has 0 atom stereocenters. The van der Waals surface area contributed by atoms with Gasteiger partial charge in [-0.1, -0.05) is 42.5 Å². The van der Waals surface area contributed by atoms with E-state index in [0.29, 0.717) is 29.5 Å². The van der Waals surface area contributed by atoms with E-state index in [-0.39, 0.29) is 16.9 Å². The van der Waals surface area contributed by atoms with Crippen molar-refractivity contribution in [2.45, 2.75) is 13.5 Å². The Bertz CT molecular complexity index is 1840. The number of carbonyl (C=O) groups excluding carboxylic acids is 1. The maximum Gasteiger partial charge on any atom is 0.268 e. The minimum absolute atomic E-state index is 0.105. The van der Waals surface area contributed by atoms with Crippen LogP contribution in [0.1, 0.15) is 21.8 Å². The number of aryl methyl sites for hydroxylation is 1. The first-order chi connectivity index (χ1) is 18.0. The molecule has 0 saturated carbocycles. The first-order valence-electron chi connectivity index (χ1n) is 11.7. The van der Waals surface area contributed by atoms with E-state index in [1.54, 1.807) is 6.20 Å². The number of furan rings is 1. The molecule has 4 aromatic heterocycles. The van der Waals surface area contributed by atoms with Crippen LogP contribution in [-0.2, 0) is 6.54 Å².